The maximum atomic E-state index is 12.0. The molecule has 1 aromatic rings. The van der Waals surface area contributed by atoms with Gasteiger partial charge in [-0.2, -0.15) is 0 Å². The molecule has 0 atom stereocenters. The lowest BCUT2D eigenvalue weighted by Crippen LogP contribution is -2.32. The molecule has 0 aliphatic carbocycles. The van der Waals surface area contributed by atoms with Gasteiger partial charge < -0.3 is 19.9 Å². The Bertz CT molecular complexity index is 789. The average Bonchev–Trinajstić information content (AvgIpc) is 2.99. The Morgan fingerprint density at radius 2 is 1.77 bits per heavy atom. The number of carbonyl (C=O) groups excluding carboxylic acids is 4. The number of piperidine rings is 1. The Kier molecular flexibility index (Phi) is 7.26. The zero-order chi connectivity index (χ0) is 21.5. The van der Waals surface area contributed by atoms with Crippen molar-refractivity contribution in [3.05, 3.63) is 24.3 Å². The van der Waals surface area contributed by atoms with E-state index in [9.17, 15) is 19.2 Å². The first-order chi connectivity index (χ1) is 14.4. The van der Waals surface area contributed by atoms with Crippen LogP contribution in [0.5, 0.6) is 0 Å². The number of likely N-dealkylation sites (N-methyl/N-ethyl adjacent to an activating group) is 1. The highest BCUT2D eigenvalue weighted by Crippen LogP contribution is 2.21. The molecule has 0 bridgehead atoms. The average molecular weight is 416 g/mol. The SMILES string of the molecule is CN1CC(=O)N(CCCC(=O)OCC(=O)Nc2ccc(N3CCCCC3)cc2)C1=O. The van der Waals surface area contributed by atoms with Crippen molar-refractivity contribution in [3.8, 4) is 0 Å². The van der Waals surface area contributed by atoms with E-state index in [1.54, 1.807) is 7.05 Å². The zero-order valence-electron chi connectivity index (χ0n) is 17.3. The lowest BCUT2D eigenvalue weighted by Gasteiger charge is -2.28. The van der Waals surface area contributed by atoms with Gasteiger partial charge in [-0.05, 0) is 49.9 Å². The van der Waals surface area contributed by atoms with Crippen LogP contribution in [0.15, 0.2) is 24.3 Å². The van der Waals surface area contributed by atoms with Crippen molar-refractivity contribution in [2.75, 3.05) is 50.1 Å². The molecule has 1 aromatic carbocycles. The minimum atomic E-state index is -0.543. The van der Waals surface area contributed by atoms with Gasteiger partial charge in [0.1, 0.15) is 6.54 Å². The molecule has 0 radical (unpaired) electrons. The lowest BCUT2D eigenvalue weighted by atomic mass is 10.1. The van der Waals surface area contributed by atoms with E-state index in [0.717, 1.165) is 23.7 Å². The third kappa shape index (κ3) is 5.71. The van der Waals surface area contributed by atoms with E-state index >= 15 is 0 Å². The van der Waals surface area contributed by atoms with Crippen LogP contribution >= 0.6 is 0 Å². The first-order valence-corrected chi connectivity index (χ1v) is 10.3. The van der Waals surface area contributed by atoms with Gasteiger partial charge in [0.2, 0.25) is 5.91 Å². The van der Waals surface area contributed by atoms with Crippen molar-refractivity contribution >= 4 is 35.2 Å². The van der Waals surface area contributed by atoms with Crippen LogP contribution in [0.25, 0.3) is 0 Å². The molecule has 2 heterocycles. The highest BCUT2D eigenvalue weighted by Gasteiger charge is 2.32. The number of anilines is 2. The summed E-state index contributed by atoms with van der Waals surface area (Å²) in [5.41, 5.74) is 1.78. The van der Waals surface area contributed by atoms with E-state index in [1.807, 2.05) is 24.3 Å². The smallest absolute Gasteiger partial charge is 0.326 e. The third-order valence-corrected chi connectivity index (χ3v) is 5.23. The van der Waals surface area contributed by atoms with E-state index in [1.165, 1.54) is 24.2 Å². The number of nitrogens with zero attached hydrogens (tertiary/aromatic N) is 3. The first kappa shape index (κ1) is 21.6. The van der Waals surface area contributed by atoms with Gasteiger partial charge >= 0.3 is 12.0 Å². The van der Waals surface area contributed by atoms with E-state index in [2.05, 4.69) is 10.2 Å². The normalized spacial score (nSPS) is 16.8. The molecule has 2 aliphatic rings. The molecule has 0 aromatic heterocycles. The molecule has 4 amide bonds. The molecule has 1 N–H and O–H groups in total. The predicted octanol–water partition coefficient (Wildman–Crippen LogP) is 1.83. The summed E-state index contributed by atoms with van der Waals surface area (Å²) in [4.78, 5) is 52.0. The van der Waals surface area contributed by atoms with Crippen LogP contribution in [-0.2, 0) is 19.1 Å². The third-order valence-electron chi connectivity index (χ3n) is 5.23. The number of ether oxygens (including phenoxy) is 1. The standard InChI is InChI=1S/C21H28N4O5/c1-23-14-19(27)25(21(23)29)13-5-6-20(28)30-15-18(26)22-16-7-9-17(10-8-16)24-11-3-2-4-12-24/h7-10H,2-6,11-15H2,1H3,(H,22,26). The summed E-state index contributed by atoms with van der Waals surface area (Å²) in [6.45, 7) is 1.95. The van der Waals surface area contributed by atoms with Crippen molar-refractivity contribution < 1.29 is 23.9 Å². The van der Waals surface area contributed by atoms with Gasteiger partial charge in [0.25, 0.3) is 5.91 Å². The van der Waals surface area contributed by atoms with E-state index in [4.69, 9.17) is 4.74 Å². The summed E-state index contributed by atoms with van der Waals surface area (Å²) in [6.07, 6.45) is 3.99. The predicted molar refractivity (Wildman–Crippen MR) is 111 cm³/mol. The second kappa shape index (κ2) is 10.1. The summed E-state index contributed by atoms with van der Waals surface area (Å²) in [6, 6.07) is 7.27. The molecule has 3 rings (SSSR count). The Morgan fingerprint density at radius 1 is 1.07 bits per heavy atom. The van der Waals surface area contributed by atoms with Crippen LogP contribution in [0.4, 0.5) is 16.2 Å². The highest BCUT2D eigenvalue weighted by molar-refractivity contribution is 6.01. The summed E-state index contributed by atoms with van der Waals surface area (Å²) < 4.78 is 4.98. The fourth-order valence-corrected chi connectivity index (χ4v) is 3.59. The van der Waals surface area contributed by atoms with Gasteiger partial charge in [-0.1, -0.05) is 0 Å². The number of hydrogen-bond donors (Lipinski definition) is 1. The molecule has 162 valence electrons. The number of imide groups is 1. The van der Waals surface area contributed by atoms with Crippen LogP contribution in [0.2, 0.25) is 0 Å². The minimum Gasteiger partial charge on any atom is -0.456 e. The van der Waals surface area contributed by atoms with E-state index in [0.29, 0.717) is 12.1 Å². The Labute approximate surface area is 175 Å². The van der Waals surface area contributed by atoms with Crippen LogP contribution in [-0.4, -0.2) is 73.4 Å². The quantitative estimate of drug-likeness (QED) is 0.513. The van der Waals surface area contributed by atoms with E-state index in [-0.39, 0.29) is 38.1 Å². The van der Waals surface area contributed by atoms with Gasteiger partial charge in [0.15, 0.2) is 6.61 Å². The molecular weight excluding hydrogens is 388 g/mol. The van der Waals surface area contributed by atoms with Crippen LogP contribution < -0.4 is 10.2 Å². The maximum absolute atomic E-state index is 12.0. The summed E-state index contributed by atoms with van der Waals surface area (Å²) >= 11 is 0. The number of hydrogen-bond acceptors (Lipinski definition) is 6. The van der Waals surface area contributed by atoms with Gasteiger partial charge in [-0.3, -0.25) is 19.3 Å². The number of amides is 4. The van der Waals surface area contributed by atoms with Crippen molar-refractivity contribution in [2.24, 2.45) is 0 Å². The number of rotatable bonds is 8. The Balaban J connectivity index is 1.34. The van der Waals surface area contributed by atoms with Crippen molar-refractivity contribution in [1.29, 1.82) is 0 Å². The van der Waals surface area contributed by atoms with Crippen molar-refractivity contribution in [3.63, 3.8) is 0 Å². The molecular formula is C21H28N4O5. The number of urea groups is 1. The minimum absolute atomic E-state index is 0.0264. The first-order valence-electron chi connectivity index (χ1n) is 10.3. The van der Waals surface area contributed by atoms with Crippen LogP contribution in [0.3, 0.4) is 0 Å². The van der Waals surface area contributed by atoms with E-state index < -0.39 is 11.9 Å². The molecule has 2 aliphatic heterocycles. The number of carbonyl (C=O) groups is 4. The molecule has 0 unspecified atom stereocenters. The lowest BCUT2D eigenvalue weighted by molar-refractivity contribution is -0.147. The fourth-order valence-electron chi connectivity index (χ4n) is 3.59. The maximum Gasteiger partial charge on any atom is 0.326 e. The number of benzene rings is 1. The summed E-state index contributed by atoms with van der Waals surface area (Å²) in [7, 11) is 1.55. The number of esters is 1. The van der Waals surface area contributed by atoms with Crippen molar-refractivity contribution in [1.82, 2.24) is 9.80 Å². The molecule has 0 saturated carbocycles. The van der Waals surface area contributed by atoms with Crippen LogP contribution in [0, 0.1) is 0 Å². The summed E-state index contributed by atoms with van der Waals surface area (Å²) in [5.74, 6) is -1.24. The highest BCUT2D eigenvalue weighted by atomic mass is 16.5. The largest absolute Gasteiger partial charge is 0.456 e. The topological polar surface area (TPSA) is 99.3 Å². The molecule has 30 heavy (non-hydrogen) atoms. The Morgan fingerprint density at radius 3 is 2.40 bits per heavy atom. The van der Waals surface area contributed by atoms with Gasteiger partial charge in [-0.15, -0.1) is 0 Å². The molecule has 0 spiro atoms. The zero-order valence-corrected chi connectivity index (χ0v) is 17.3. The van der Waals surface area contributed by atoms with Crippen LogP contribution in [0.1, 0.15) is 32.1 Å². The second-order valence-electron chi connectivity index (χ2n) is 7.59. The fraction of sp³-hybridized carbons (Fsp3) is 0.524. The monoisotopic (exact) mass is 416 g/mol. The summed E-state index contributed by atoms with van der Waals surface area (Å²) in [5, 5.41) is 2.71. The Hall–Kier alpha value is -3.10. The van der Waals surface area contributed by atoms with Gasteiger partial charge in [0, 0.05) is 44.5 Å². The second-order valence-corrected chi connectivity index (χ2v) is 7.59. The number of nitrogens with one attached hydrogen (secondary N) is 1. The molecule has 9 heteroatoms. The molecule has 2 fully saturated rings. The molecule has 9 nitrogen and oxygen atoms in total. The molecule has 2 saturated heterocycles. The van der Waals surface area contributed by atoms with Crippen molar-refractivity contribution in [2.45, 2.75) is 32.1 Å². The van der Waals surface area contributed by atoms with Gasteiger partial charge in [0.05, 0.1) is 0 Å². The van der Waals surface area contributed by atoms with Gasteiger partial charge in [-0.25, -0.2) is 4.79 Å².